The SMILES string of the molecule is CCC(CC)(CNC(=O)C1(c2ccccc2F)CC1)C(=O)O. The third kappa shape index (κ3) is 2.72. The van der Waals surface area contributed by atoms with E-state index in [0.717, 1.165) is 0 Å². The fourth-order valence-electron chi connectivity index (χ4n) is 2.89. The molecule has 1 aromatic rings. The van der Waals surface area contributed by atoms with E-state index >= 15 is 0 Å². The van der Waals surface area contributed by atoms with Crippen LogP contribution < -0.4 is 5.32 Å². The number of aliphatic carboxylic acids is 1. The zero-order chi connectivity index (χ0) is 16.4. The Morgan fingerprint density at radius 1 is 1.27 bits per heavy atom. The Balaban J connectivity index is 2.13. The molecule has 0 unspecified atom stereocenters. The highest BCUT2D eigenvalue weighted by atomic mass is 19.1. The summed E-state index contributed by atoms with van der Waals surface area (Å²) in [4.78, 5) is 24.0. The Morgan fingerprint density at radius 2 is 1.86 bits per heavy atom. The number of hydrogen-bond donors (Lipinski definition) is 2. The minimum Gasteiger partial charge on any atom is -0.481 e. The quantitative estimate of drug-likeness (QED) is 0.814. The third-order valence-corrected chi connectivity index (χ3v) is 4.97. The van der Waals surface area contributed by atoms with Crippen LogP contribution in [0.5, 0.6) is 0 Å². The molecule has 0 radical (unpaired) electrons. The van der Waals surface area contributed by atoms with Gasteiger partial charge in [0.2, 0.25) is 5.91 Å². The van der Waals surface area contributed by atoms with Crippen LogP contribution in [0.1, 0.15) is 45.1 Å². The fraction of sp³-hybridized carbons (Fsp3) is 0.529. The normalized spacial score (nSPS) is 16.1. The maximum atomic E-state index is 13.9. The lowest BCUT2D eigenvalue weighted by molar-refractivity contribution is -0.149. The summed E-state index contributed by atoms with van der Waals surface area (Å²) in [6, 6.07) is 6.29. The summed E-state index contributed by atoms with van der Waals surface area (Å²) in [6.07, 6.45) is 2.06. The van der Waals surface area contributed by atoms with Crippen LogP contribution in [-0.2, 0) is 15.0 Å². The number of benzene rings is 1. The molecule has 2 rings (SSSR count). The molecule has 0 aliphatic heterocycles. The zero-order valence-electron chi connectivity index (χ0n) is 13.0. The maximum Gasteiger partial charge on any atom is 0.311 e. The first-order valence-corrected chi connectivity index (χ1v) is 7.68. The largest absolute Gasteiger partial charge is 0.481 e. The Kier molecular flexibility index (Phi) is 4.54. The Morgan fingerprint density at radius 3 is 2.32 bits per heavy atom. The molecule has 0 spiro atoms. The fourth-order valence-corrected chi connectivity index (χ4v) is 2.89. The van der Waals surface area contributed by atoms with Crippen molar-refractivity contribution in [1.29, 1.82) is 0 Å². The van der Waals surface area contributed by atoms with Gasteiger partial charge in [-0.15, -0.1) is 0 Å². The van der Waals surface area contributed by atoms with Crippen molar-refractivity contribution in [2.45, 2.75) is 44.9 Å². The summed E-state index contributed by atoms with van der Waals surface area (Å²) in [6.45, 7) is 3.67. The van der Waals surface area contributed by atoms with Gasteiger partial charge in [-0.3, -0.25) is 9.59 Å². The predicted molar refractivity (Wildman–Crippen MR) is 81.0 cm³/mol. The molecule has 1 saturated carbocycles. The van der Waals surface area contributed by atoms with Gasteiger partial charge in [-0.25, -0.2) is 4.39 Å². The molecule has 0 bridgehead atoms. The van der Waals surface area contributed by atoms with Crippen LogP contribution in [0.15, 0.2) is 24.3 Å². The Labute approximate surface area is 129 Å². The average Bonchev–Trinajstić information content (AvgIpc) is 3.30. The minimum absolute atomic E-state index is 0.0738. The molecule has 1 aliphatic rings. The molecule has 1 aromatic carbocycles. The van der Waals surface area contributed by atoms with Gasteiger partial charge in [-0.1, -0.05) is 32.0 Å². The molecule has 0 aromatic heterocycles. The van der Waals surface area contributed by atoms with Crippen molar-refractivity contribution in [2.24, 2.45) is 5.41 Å². The van der Waals surface area contributed by atoms with E-state index in [1.807, 2.05) is 0 Å². The number of carboxylic acids is 1. The highest BCUT2D eigenvalue weighted by Gasteiger charge is 2.53. The number of hydrogen-bond acceptors (Lipinski definition) is 2. The van der Waals surface area contributed by atoms with Crippen molar-refractivity contribution in [3.63, 3.8) is 0 Å². The van der Waals surface area contributed by atoms with Crippen molar-refractivity contribution in [2.75, 3.05) is 6.54 Å². The summed E-state index contributed by atoms with van der Waals surface area (Å²) in [5, 5.41) is 12.2. The Bertz CT molecular complexity index is 577. The second-order valence-corrected chi connectivity index (χ2v) is 6.04. The summed E-state index contributed by atoms with van der Waals surface area (Å²) < 4.78 is 13.9. The highest BCUT2D eigenvalue weighted by molar-refractivity contribution is 5.91. The summed E-state index contributed by atoms with van der Waals surface area (Å²) in [5.74, 6) is -1.57. The first-order valence-electron chi connectivity index (χ1n) is 7.68. The zero-order valence-corrected chi connectivity index (χ0v) is 13.0. The summed E-state index contributed by atoms with van der Waals surface area (Å²) in [7, 11) is 0. The van der Waals surface area contributed by atoms with E-state index in [9.17, 15) is 19.1 Å². The lowest BCUT2D eigenvalue weighted by Crippen LogP contribution is -2.45. The molecule has 5 heteroatoms. The van der Waals surface area contributed by atoms with Gasteiger partial charge in [0.25, 0.3) is 0 Å². The van der Waals surface area contributed by atoms with Crippen molar-refractivity contribution < 1.29 is 19.1 Å². The van der Waals surface area contributed by atoms with Gasteiger partial charge < -0.3 is 10.4 Å². The van der Waals surface area contributed by atoms with E-state index in [1.165, 1.54) is 6.07 Å². The molecular weight excluding hydrogens is 285 g/mol. The second kappa shape index (κ2) is 6.07. The van der Waals surface area contributed by atoms with Crippen LogP contribution in [0.25, 0.3) is 0 Å². The second-order valence-electron chi connectivity index (χ2n) is 6.04. The molecular formula is C17H22FNO3. The van der Waals surface area contributed by atoms with Gasteiger partial charge in [0.15, 0.2) is 0 Å². The van der Waals surface area contributed by atoms with E-state index in [2.05, 4.69) is 5.32 Å². The molecule has 2 N–H and O–H groups in total. The van der Waals surface area contributed by atoms with Gasteiger partial charge >= 0.3 is 5.97 Å². The van der Waals surface area contributed by atoms with E-state index in [1.54, 1.807) is 32.0 Å². The number of halogens is 1. The molecule has 0 heterocycles. The van der Waals surface area contributed by atoms with Crippen molar-refractivity contribution in [3.05, 3.63) is 35.6 Å². The number of amides is 1. The molecule has 4 nitrogen and oxygen atoms in total. The Hall–Kier alpha value is -1.91. The van der Waals surface area contributed by atoms with E-state index in [0.29, 0.717) is 31.2 Å². The monoisotopic (exact) mass is 307 g/mol. The van der Waals surface area contributed by atoms with Crippen molar-refractivity contribution >= 4 is 11.9 Å². The number of carboxylic acid groups (broad SMARTS) is 1. The van der Waals surface area contributed by atoms with Gasteiger partial charge in [-0.2, -0.15) is 0 Å². The molecule has 1 amide bonds. The number of carbonyl (C=O) groups excluding carboxylic acids is 1. The molecule has 120 valence electrons. The van der Waals surface area contributed by atoms with Crippen LogP contribution in [0.3, 0.4) is 0 Å². The van der Waals surface area contributed by atoms with Crippen molar-refractivity contribution in [1.82, 2.24) is 5.32 Å². The lowest BCUT2D eigenvalue weighted by Gasteiger charge is -2.28. The van der Waals surface area contributed by atoms with Gasteiger partial charge in [-0.05, 0) is 31.7 Å². The summed E-state index contributed by atoms with van der Waals surface area (Å²) >= 11 is 0. The lowest BCUT2D eigenvalue weighted by atomic mass is 9.82. The van der Waals surface area contributed by atoms with Gasteiger partial charge in [0.1, 0.15) is 5.82 Å². The smallest absolute Gasteiger partial charge is 0.311 e. The van der Waals surface area contributed by atoms with Crippen LogP contribution in [0.2, 0.25) is 0 Å². The molecule has 0 saturated heterocycles. The van der Waals surface area contributed by atoms with Crippen molar-refractivity contribution in [3.8, 4) is 0 Å². The molecule has 22 heavy (non-hydrogen) atoms. The minimum atomic E-state index is -0.957. The molecule has 1 fully saturated rings. The number of rotatable bonds is 7. The first-order chi connectivity index (χ1) is 10.4. The van der Waals surface area contributed by atoms with Crippen LogP contribution >= 0.6 is 0 Å². The topological polar surface area (TPSA) is 66.4 Å². The molecule has 0 atom stereocenters. The average molecular weight is 307 g/mol. The number of carbonyl (C=O) groups is 2. The van der Waals surface area contributed by atoms with E-state index in [-0.39, 0.29) is 18.3 Å². The number of nitrogens with one attached hydrogen (secondary N) is 1. The van der Waals surface area contributed by atoms with Crippen LogP contribution in [0, 0.1) is 11.2 Å². The van der Waals surface area contributed by atoms with Gasteiger partial charge in [0, 0.05) is 12.1 Å². The first kappa shape index (κ1) is 16.5. The third-order valence-electron chi connectivity index (χ3n) is 4.97. The molecule has 1 aliphatic carbocycles. The van der Waals surface area contributed by atoms with Crippen LogP contribution in [0.4, 0.5) is 4.39 Å². The van der Waals surface area contributed by atoms with Crippen LogP contribution in [-0.4, -0.2) is 23.5 Å². The summed E-state index contributed by atoms with van der Waals surface area (Å²) in [5.41, 5.74) is -1.38. The highest BCUT2D eigenvalue weighted by Crippen LogP contribution is 2.49. The van der Waals surface area contributed by atoms with Gasteiger partial charge in [0.05, 0.1) is 10.8 Å². The van der Waals surface area contributed by atoms with E-state index in [4.69, 9.17) is 0 Å². The maximum absolute atomic E-state index is 13.9. The predicted octanol–water partition coefficient (Wildman–Crippen LogP) is 2.86. The standard InChI is InChI=1S/C17H22FNO3/c1-3-16(4-2,15(21)22)11-19-14(20)17(9-10-17)12-7-5-6-8-13(12)18/h5-8H,3-4,9-11H2,1-2H3,(H,19,20)(H,21,22). The van der Waals surface area contributed by atoms with E-state index < -0.39 is 16.8 Å².